The highest BCUT2D eigenvalue weighted by molar-refractivity contribution is 5.81. The zero-order chi connectivity index (χ0) is 14.9. The first kappa shape index (κ1) is 15.1. The Kier molecular flexibility index (Phi) is 4.21. The van der Waals surface area contributed by atoms with Gasteiger partial charge in [0.2, 0.25) is 0 Å². The van der Waals surface area contributed by atoms with Crippen LogP contribution in [0.5, 0.6) is 0 Å². The predicted octanol–water partition coefficient (Wildman–Crippen LogP) is 3.73. The molecule has 0 aliphatic heterocycles. The lowest BCUT2D eigenvalue weighted by atomic mass is 9.91. The molecule has 3 heteroatoms. The lowest BCUT2D eigenvalue weighted by molar-refractivity contribution is 0.127. The fraction of sp³-hybridized carbons (Fsp3) is 0.529. The van der Waals surface area contributed by atoms with Crippen molar-refractivity contribution in [1.82, 2.24) is 10.2 Å². The van der Waals surface area contributed by atoms with Gasteiger partial charge in [0.05, 0.1) is 6.04 Å². The van der Waals surface area contributed by atoms with Gasteiger partial charge >= 0.3 is 0 Å². The van der Waals surface area contributed by atoms with Crippen molar-refractivity contribution >= 4 is 11.0 Å². The van der Waals surface area contributed by atoms with Crippen LogP contribution in [0.1, 0.15) is 38.1 Å². The summed E-state index contributed by atoms with van der Waals surface area (Å²) < 4.78 is 6.16. The molecule has 0 radical (unpaired) electrons. The molecule has 1 unspecified atom stereocenters. The number of rotatable bonds is 5. The van der Waals surface area contributed by atoms with Crippen LogP contribution in [0.4, 0.5) is 0 Å². The Bertz CT molecular complexity index is 584. The third-order valence-corrected chi connectivity index (χ3v) is 4.31. The summed E-state index contributed by atoms with van der Waals surface area (Å²) in [6.07, 6.45) is 0. The lowest BCUT2D eigenvalue weighted by Crippen LogP contribution is -2.49. The van der Waals surface area contributed by atoms with Crippen molar-refractivity contribution in [2.75, 3.05) is 20.6 Å². The van der Waals surface area contributed by atoms with E-state index >= 15 is 0 Å². The minimum Gasteiger partial charge on any atom is -0.459 e. The lowest BCUT2D eigenvalue weighted by Gasteiger charge is -2.39. The highest BCUT2D eigenvalue weighted by Crippen LogP contribution is 2.34. The van der Waals surface area contributed by atoms with Gasteiger partial charge in [-0.05, 0) is 53.0 Å². The number of aryl methyl sites for hydroxylation is 1. The number of benzene rings is 1. The average molecular weight is 274 g/mol. The van der Waals surface area contributed by atoms with Crippen LogP contribution >= 0.6 is 0 Å². The van der Waals surface area contributed by atoms with E-state index in [0.29, 0.717) is 0 Å². The maximum absolute atomic E-state index is 6.16. The molecule has 1 aromatic heterocycles. The Morgan fingerprint density at radius 2 is 2.00 bits per heavy atom. The molecular formula is C17H26N2O. The van der Waals surface area contributed by atoms with Gasteiger partial charge in [0.1, 0.15) is 11.3 Å². The van der Waals surface area contributed by atoms with E-state index in [-0.39, 0.29) is 11.6 Å². The van der Waals surface area contributed by atoms with E-state index in [2.05, 4.69) is 76.3 Å². The quantitative estimate of drug-likeness (QED) is 0.900. The summed E-state index contributed by atoms with van der Waals surface area (Å²) in [5, 5.41) is 4.74. The normalized spacial score (nSPS) is 14.2. The molecule has 2 rings (SSSR count). The van der Waals surface area contributed by atoms with Crippen molar-refractivity contribution < 1.29 is 4.42 Å². The van der Waals surface area contributed by atoms with Crippen LogP contribution < -0.4 is 5.32 Å². The number of nitrogens with one attached hydrogen (secondary N) is 1. The number of furan rings is 1. The third kappa shape index (κ3) is 2.60. The molecule has 0 bridgehead atoms. The standard InChI is InChI=1S/C17H26N2O/c1-7-18-16(17(3,4)19(5)6)14-11-13-10-8-9-12(2)15(13)20-14/h8-11,16,18H,7H2,1-6H3. The number of fused-ring (bicyclic) bond motifs is 1. The summed E-state index contributed by atoms with van der Waals surface area (Å²) in [6.45, 7) is 9.61. The second-order valence-electron chi connectivity index (χ2n) is 6.18. The summed E-state index contributed by atoms with van der Waals surface area (Å²) in [4.78, 5) is 2.24. The SMILES string of the molecule is CCNC(c1cc2cccc(C)c2o1)C(C)(C)N(C)C. The minimum atomic E-state index is -0.0300. The van der Waals surface area contributed by atoms with E-state index < -0.39 is 0 Å². The van der Waals surface area contributed by atoms with Crippen LogP contribution in [-0.4, -0.2) is 31.1 Å². The summed E-state index contributed by atoms with van der Waals surface area (Å²) >= 11 is 0. The highest BCUT2D eigenvalue weighted by atomic mass is 16.3. The van der Waals surface area contributed by atoms with Crippen molar-refractivity contribution in [3.8, 4) is 0 Å². The molecule has 0 saturated heterocycles. The number of hydrogen-bond acceptors (Lipinski definition) is 3. The second-order valence-corrected chi connectivity index (χ2v) is 6.18. The van der Waals surface area contributed by atoms with Crippen molar-refractivity contribution in [3.63, 3.8) is 0 Å². The predicted molar refractivity (Wildman–Crippen MR) is 85.1 cm³/mol. The molecule has 1 N–H and O–H groups in total. The molecule has 1 atom stereocenters. The van der Waals surface area contributed by atoms with Crippen LogP contribution in [0.25, 0.3) is 11.0 Å². The van der Waals surface area contributed by atoms with E-state index in [1.165, 1.54) is 10.9 Å². The third-order valence-electron chi connectivity index (χ3n) is 4.31. The van der Waals surface area contributed by atoms with Gasteiger partial charge in [-0.15, -0.1) is 0 Å². The van der Waals surface area contributed by atoms with Crippen molar-refractivity contribution in [3.05, 3.63) is 35.6 Å². The zero-order valence-electron chi connectivity index (χ0n) is 13.4. The maximum Gasteiger partial charge on any atom is 0.137 e. The molecule has 2 aromatic rings. The Labute approximate surface area is 122 Å². The molecule has 3 nitrogen and oxygen atoms in total. The van der Waals surface area contributed by atoms with Crippen LogP contribution in [0, 0.1) is 6.92 Å². The van der Waals surface area contributed by atoms with E-state index in [0.717, 1.165) is 17.9 Å². The molecule has 0 saturated carbocycles. The molecule has 1 heterocycles. The fourth-order valence-corrected chi connectivity index (χ4v) is 2.53. The van der Waals surface area contributed by atoms with Gasteiger partial charge < -0.3 is 14.6 Å². The topological polar surface area (TPSA) is 28.4 Å². The molecule has 0 fully saturated rings. The van der Waals surface area contributed by atoms with Crippen LogP contribution in [0.3, 0.4) is 0 Å². The van der Waals surface area contributed by atoms with Gasteiger partial charge in [0.15, 0.2) is 0 Å². The molecule has 0 aliphatic rings. The number of nitrogens with zero attached hydrogens (tertiary/aromatic N) is 1. The summed E-state index contributed by atoms with van der Waals surface area (Å²) in [5.74, 6) is 1.01. The largest absolute Gasteiger partial charge is 0.459 e. The molecule has 110 valence electrons. The van der Waals surface area contributed by atoms with E-state index in [1.807, 2.05) is 0 Å². The van der Waals surface area contributed by atoms with Crippen LogP contribution in [0.15, 0.2) is 28.7 Å². The summed E-state index contributed by atoms with van der Waals surface area (Å²) in [7, 11) is 4.22. The molecule has 0 spiro atoms. The van der Waals surface area contributed by atoms with E-state index in [4.69, 9.17) is 4.42 Å². The van der Waals surface area contributed by atoms with Crippen molar-refractivity contribution in [2.24, 2.45) is 0 Å². The van der Waals surface area contributed by atoms with Crippen molar-refractivity contribution in [1.29, 1.82) is 0 Å². The van der Waals surface area contributed by atoms with Crippen LogP contribution in [0.2, 0.25) is 0 Å². The van der Waals surface area contributed by atoms with E-state index in [1.54, 1.807) is 0 Å². The summed E-state index contributed by atoms with van der Waals surface area (Å²) in [5.41, 5.74) is 2.16. The first-order valence-electron chi connectivity index (χ1n) is 7.27. The zero-order valence-corrected chi connectivity index (χ0v) is 13.4. The van der Waals surface area contributed by atoms with Gasteiger partial charge in [-0.25, -0.2) is 0 Å². The molecule has 20 heavy (non-hydrogen) atoms. The summed E-state index contributed by atoms with van der Waals surface area (Å²) in [6, 6.07) is 8.61. The smallest absolute Gasteiger partial charge is 0.137 e. The first-order chi connectivity index (χ1) is 9.37. The molecule has 1 aromatic carbocycles. The molecule has 0 aliphatic carbocycles. The Morgan fingerprint density at radius 3 is 2.55 bits per heavy atom. The highest BCUT2D eigenvalue weighted by Gasteiger charge is 2.34. The molecule has 0 amide bonds. The van der Waals surface area contributed by atoms with Crippen molar-refractivity contribution in [2.45, 2.75) is 39.3 Å². The minimum absolute atomic E-state index is 0.0300. The Balaban J connectivity index is 2.49. The maximum atomic E-state index is 6.16. The number of likely N-dealkylation sites (N-methyl/N-ethyl adjacent to an activating group) is 2. The Morgan fingerprint density at radius 1 is 1.30 bits per heavy atom. The Hall–Kier alpha value is -1.32. The second kappa shape index (κ2) is 5.58. The number of hydrogen-bond donors (Lipinski definition) is 1. The van der Waals surface area contributed by atoms with Gasteiger partial charge in [-0.3, -0.25) is 0 Å². The van der Waals surface area contributed by atoms with Gasteiger partial charge in [0, 0.05) is 10.9 Å². The van der Waals surface area contributed by atoms with Gasteiger partial charge in [-0.1, -0.05) is 25.1 Å². The van der Waals surface area contributed by atoms with Gasteiger partial charge in [0.25, 0.3) is 0 Å². The fourth-order valence-electron chi connectivity index (χ4n) is 2.53. The van der Waals surface area contributed by atoms with Crippen LogP contribution in [-0.2, 0) is 0 Å². The van der Waals surface area contributed by atoms with E-state index in [9.17, 15) is 0 Å². The first-order valence-corrected chi connectivity index (χ1v) is 7.27. The average Bonchev–Trinajstić information content (AvgIpc) is 2.80. The monoisotopic (exact) mass is 274 g/mol. The molecular weight excluding hydrogens is 248 g/mol. The van der Waals surface area contributed by atoms with Gasteiger partial charge in [-0.2, -0.15) is 0 Å². The number of para-hydroxylation sites is 1.